The van der Waals surface area contributed by atoms with Crippen molar-refractivity contribution >= 4 is 49.8 Å². The predicted molar refractivity (Wildman–Crippen MR) is 173 cm³/mol. The quantitative estimate of drug-likeness (QED) is 0.284. The van der Waals surface area contributed by atoms with Crippen LogP contribution in [0.15, 0.2) is 32.7 Å². The zero-order valence-corrected chi connectivity index (χ0v) is 26.7. The van der Waals surface area contributed by atoms with Gasteiger partial charge in [0.1, 0.15) is 0 Å². The SMILES string of the molecule is Brc1ccc(CSC2=NCN(CCC3CCCCC3)CN2)c(CSC2=NCN(CCC3CCCCC3)CN2)c1. The molecule has 0 unspecified atom stereocenters. The largest absolute Gasteiger partial charge is 0.352 e. The number of thioether (sulfide) groups is 2. The van der Waals surface area contributed by atoms with Crippen LogP contribution in [-0.2, 0) is 11.5 Å². The van der Waals surface area contributed by atoms with E-state index in [9.17, 15) is 0 Å². The molecule has 2 aliphatic heterocycles. The number of benzene rings is 1. The van der Waals surface area contributed by atoms with Gasteiger partial charge in [-0.2, -0.15) is 0 Å². The second-order valence-corrected chi connectivity index (χ2v) is 14.6. The second kappa shape index (κ2) is 16.0. The van der Waals surface area contributed by atoms with E-state index < -0.39 is 0 Å². The van der Waals surface area contributed by atoms with Crippen molar-refractivity contribution in [3.63, 3.8) is 0 Å². The lowest BCUT2D eigenvalue weighted by Crippen LogP contribution is -2.42. The number of amidine groups is 2. The standard InChI is InChI=1S/C30H47BrN6S2/c31-28-12-11-26(18-38-29-32-20-36(21-33-29)15-13-24-7-3-1-4-8-24)27(17-28)19-39-30-34-22-37(23-35-30)16-14-25-9-5-2-6-10-25/h11-12,17,24-25H,1-10,13-16,18-23H2,(H,32,33)(H,34,35). The molecule has 0 amide bonds. The van der Waals surface area contributed by atoms with Crippen molar-refractivity contribution in [1.29, 1.82) is 0 Å². The zero-order chi connectivity index (χ0) is 26.7. The molecule has 0 radical (unpaired) electrons. The van der Waals surface area contributed by atoms with E-state index in [2.05, 4.69) is 54.6 Å². The number of hydrogen-bond acceptors (Lipinski definition) is 8. The molecule has 9 heteroatoms. The van der Waals surface area contributed by atoms with Gasteiger partial charge in [-0.25, -0.2) is 9.98 Å². The van der Waals surface area contributed by atoms with Crippen molar-refractivity contribution in [2.45, 2.75) is 88.6 Å². The third-order valence-electron chi connectivity index (χ3n) is 8.79. The highest BCUT2D eigenvalue weighted by atomic mass is 79.9. The van der Waals surface area contributed by atoms with Crippen molar-refractivity contribution in [1.82, 2.24) is 20.4 Å². The minimum Gasteiger partial charge on any atom is -0.352 e. The maximum Gasteiger partial charge on any atom is 0.159 e. The fourth-order valence-electron chi connectivity index (χ4n) is 6.24. The summed E-state index contributed by atoms with van der Waals surface area (Å²) in [5, 5.41) is 9.29. The van der Waals surface area contributed by atoms with Gasteiger partial charge in [0, 0.05) is 29.1 Å². The summed E-state index contributed by atoms with van der Waals surface area (Å²) in [6, 6.07) is 6.69. The molecule has 6 nitrogen and oxygen atoms in total. The van der Waals surface area contributed by atoms with Gasteiger partial charge in [-0.05, 0) is 47.9 Å². The molecule has 0 saturated heterocycles. The number of halogens is 1. The van der Waals surface area contributed by atoms with E-state index in [0.29, 0.717) is 0 Å². The highest BCUT2D eigenvalue weighted by Gasteiger charge is 2.19. The molecule has 1 aromatic carbocycles. The Morgan fingerprint density at radius 2 is 1.23 bits per heavy atom. The minimum absolute atomic E-state index is 0.826. The van der Waals surface area contributed by atoms with Crippen LogP contribution in [0.2, 0.25) is 0 Å². The summed E-state index contributed by atoms with van der Waals surface area (Å²) in [4.78, 5) is 14.6. The molecule has 0 aromatic heterocycles. The van der Waals surface area contributed by atoms with Crippen molar-refractivity contribution in [2.24, 2.45) is 21.8 Å². The fraction of sp³-hybridized carbons (Fsp3) is 0.733. The Morgan fingerprint density at radius 3 is 1.72 bits per heavy atom. The summed E-state index contributed by atoms with van der Waals surface area (Å²) >= 11 is 7.35. The van der Waals surface area contributed by atoms with Gasteiger partial charge in [-0.15, -0.1) is 0 Å². The van der Waals surface area contributed by atoms with Crippen LogP contribution < -0.4 is 10.6 Å². The summed E-state index contributed by atoms with van der Waals surface area (Å²) in [7, 11) is 0. The topological polar surface area (TPSA) is 55.3 Å². The third-order valence-corrected chi connectivity index (χ3v) is 11.3. The Balaban J connectivity index is 1.03. The molecule has 216 valence electrons. The summed E-state index contributed by atoms with van der Waals surface area (Å²) < 4.78 is 1.14. The summed E-state index contributed by atoms with van der Waals surface area (Å²) in [6.07, 6.45) is 17.0. The normalized spacial score (nSPS) is 22.2. The van der Waals surface area contributed by atoms with Gasteiger partial charge in [0.15, 0.2) is 10.3 Å². The number of nitrogens with zero attached hydrogens (tertiary/aromatic N) is 4. The molecule has 2 fully saturated rings. The number of rotatable bonds is 10. The van der Waals surface area contributed by atoms with Gasteiger partial charge in [0.05, 0.1) is 26.7 Å². The molecule has 0 atom stereocenters. The Morgan fingerprint density at radius 1 is 0.718 bits per heavy atom. The van der Waals surface area contributed by atoms with Crippen molar-refractivity contribution < 1.29 is 0 Å². The molecular formula is C30H47BrN6S2. The maximum absolute atomic E-state index is 4.86. The number of hydrogen-bond donors (Lipinski definition) is 2. The molecule has 39 heavy (non-hydrogen) atoms. The fourth-order valence-corrected chi connectivity index (χ4v) is 8.41. The van der Waals surface area contributed by atoms with Crippen LogP contribution in [0.4, 0.5) is 0 Å². The second-order valence-electron chi connectivity index (χ2n) is 11.7. The third kappa shape index (κ3) is 9.94. The molecule has 2 N–H and O–H groups in total. The highest BCUT2D eigenvalue weighted by Crippen LogP contribution is 2.29. The molecule has 2 heterocycles. The summed E-state index contributed by atoms with van der Waals surface area (Å²) in [6.45, 7) is 5.83. The van der Waals surface area contributed by atoms with E-state index in [1.165, 1.54) is 101 Å². The average molecular weight is 636 g/mol. The van der Waals surface area contributed by atoms with E-state index in [1.54, 1.807) is 0 Å². The van der Waals surface area contributed by atoms with Gasteiger partial charge in [-0.3, -0.25) is 9.80 Å². The van der Waals surface area contributed by atoms with E-state index in [4.69, 9.17) is 9.98 Å². The van der Waals surface area contributed by atoms with Crippen LogP contribution in [0.5, 0.6) is 0 Å². The first-order valence-corrected chi connectivity index (χ1v) is 18.0. The average Bonchev–Trinajstić information content (AvgIpc) is 2.99. The Kier molecular flexibility index (Phi) is 12.2. The van der Waals surface area contributed by atoms with Crippen molar-refractivity contribution in [3.8, 4) is 0 Å². The maximum atomic E-state index is 4.86. The Labute approximate surface area is 253 Å². The van der Waals surface area contributed by atoms with Crippen LogP contribution in [-0.4, -0.2) is 59.9 Å². The lowest BCUT2D eigenvalue weighted by Gasteiger charge is -2.29. The van der Waals surface area contributed by atoms with Gasteiger partial charge >= 0.3 is 0 Å². The smallest absolute Gasteiger partial charge is 0.159 e. The molecule has 2 saturated carbocycles. The minimum atomic E-state index is 0.826. The zero-order valence-electron chi connectivity index (χ0n) is 23.5. The van der Waals surface area contributed by atoms with E-state index in [-0.39, 0.29) is 0 Å². The summed E-state index contributed by atoms with van der Waals surface area (Å²) in [5.74, 6) is 3.74. The van der Waals surface area contributed by atoms with Crippen LogP contribution in [0, 0.1) is 11.8 Å². The van der Waals surface area contributed by atoms with Crippen LogP contribution >= 0.6 is 39.5 Å². The van der Waals surface area contributed by atoms with E-state index in [0.717, 1.165) is 64.8 Å². The van der Waals surface area contributed by atoms with Crippen LogP contribution in [0.3, 0.4) is 0 Å². The monoisotopic (exact) mass is 634 g/mol. The first-order chi connectivity index (χ1) is 19.2. The first kappa shape index (κ1) is 29.7. The Hall–Kier alpha value is -0.740. The number of aliphatic imine (C=N–C) groups is 2. The van der Waals surface area contributed by atoms with Gasteiger partial charge in [0.2, 0.25) is 0 Å². The number of nitrogens with one attached hydrogen (secondary N) is 2. The lowest BCUT2D eigenvalue weighted by atomic mass is 9.87. The van der Waals surface area contributed by atoms with Crippen LogP contribution in [0.25, 0.3) is 0 Å². The highest BCUT2D eigenvalue weighted by molar-refractivity contribution is 9.10. The molecule has 2 aliphatic carbocycles. The summed E-state index contributed by atoms with van der Waals surface area (Å²) in [5.41, 5.74) is 2.75. The molecule has 0 spiro atoms. The van der Waals surface area contributed by atoms with E-state index >= 15 is 0 Å². The molecule has 1 aromatic rings. The molecular weight excluding hydrogens is 588 g/mol. The first-order valence-electron chi connectivity index (χ1n) is 15.3. The Bertz CT molecular complexity index is 961. The molecule has 4 aliphatic rings. The van der Waals surface area contributed by atoms with Crippen molar-refractivity contribution in [2.75, 3.05) is 39.8 Å². The van der Waals surface area contributed by atoms with Gasteiger partial charge in [-0.1, -0.05) is 110 Å². The molecule has 5 rings (SSSR count). The van der Waals surface area contributed by atoms with E-state index in [1.807, 2.05) is 23.5 Å². The molecule has 0 bridgehead atoms. The lowest BCUT2D eigenvalue weighted by molar-refractivity contribution is 0.226. The van der Waals surface area contributed by atoms with Crippen molar-refractivity contribution in [3.05, 3.63) is 33.8 Å². The van der Waals surface area contributed by atoms with Gasteiger partial charge in [0.25, 0.3) is 0 Å². The predicted octanol–water partition coefficient (Wildman–Crippen LogP) is 7.21. The van der Waals surface area contributed by atoms with Gasteiger partial charge < -0.3 is 10.6 Å². The van der Waals surface area contributed by atoms with Crippen LogP contribution in [0.1, 0.15) is 88.2 Å².